The zero-order valence-corrected chi connectivity index (χ0v) is 9.76. The minimum Gasteiger partial charge on any atom is -0.390 e. The second-order valence-corrected chi connectivity index (χ2v) is 4.43. The van der Waals surface area contributed by atoms with Crippen LogP contribution in [0.15, 0.2) is 6.07 Å². The van der Waals surface area contributed by atoms with Gasteiger partial charge in [0.2, 0.25) is 0 Å². The summed E-state index contributed by atoms with van der Waals surface area (Å²) >= 11 is 0. The number of nitrogens with zero attached hydrogens (tertiary/aromatic N) is 3. The van der Waals surface area contributed by atoms with Gasteiger partial charge in [-0.25, -0.2) is 0 Å². The van der Waals surface area contributed by atoms with Crippen LogP contribution in [0, 0.1) is 0 Å². The van der Waals surface area contributed by atoms with Gasteiger partial charge < -0.3 is 10.8 Å². The summed E-state index contributed by atoms with van der Waals surface area (Å²) in [7, 11) is 0. The predicted octanol–water partition coefficient (Wildman–Crippen LogP) is -0.0717. The summed E-state index contributed by atoms with van der Waals surface area (Å²) in [4.78, 5) is 2.42. The summed E-state index contributed by atoms with van der Waals surface area (Å²) in [5.41, 5.74) is 7.49. The lowest BCUT2D eigenvalue weighted by Crippen LogP contribution is -2.42. The van der Waals surface area contributed by atoms with Gasteiger partial charge in [0.05, 0.1) is 24.5 Å². The number of aromatic nitrogens is 2. The van der Waals surface area contributed by atoms with Crippen LogP contribution in [-0.4, -0.2) is 38.9 Å². The first-order valence-corrected chi connectivity index (χ1v) is 5.85. The molecule has 1 unspecified atom stereocenters. The van der Waals surface area contributed by atoms with Crippen molar-refractivity contribution in [2.24, 2.45) is 5.73 Å². The Morgan fingerprint density at radius 3 is 3.12 bits per heavy atom. The predicted molar refractivity (Wildman–Crippen MR) is 61.7 cm³/mol. The van der Waals surface area contributed by atoms with Gasteiger partial charge in [-0.3, -0.25) is 9.58 Å². The first-order chi connectivity index (χ1) is 7.74. The molecule has 0 aliphatic carbocycles. The lowest BCUT2D eigenvalue weighted by atomic mass is 10.2. The number of fused-ring (bicyclic) bond motifs is 1. The molecular formula is C11H20N4O. The van der Waals surface area contributed by atoms with Crippen molar-refractivity contribution in [1.29, 1.82) is 0 Å². The van der Waals surface area contributed by atoms with E-state index in [1.54, 1.807) is 0 Å². The molecule has 1 atom stereocenters. The van der Waals surface area contributed by atoms with Gasteiger partial charge in [0.15, 0.2) is 0 Å². The molecule has 2 heterocycles. The maximum absolute atomic E-state index is 9.05. The Balaban J connectivity index is 2.08. The molecule has 0 saturated heterocycles. The molecule has 0 saturated carbocycles. The molecule has 0 radical (unpaired) electrons. The fraction of sp³-hybridized carbons (Fsp3) is 0.727. The Morgan fingerprint density at radius 2 is 2.44 bits per heavy atom. The molecule has 2 rings (SSSR count). The van der Waals surface area contributed by atoms with Gasteiger partial charge in [-0.2, -0.15) is 5.10 Å². The fourth-order valence-corrected chi connectivity index (χ4v) is 2.20. The first kappa shape index (κ1) is 11.6. The Hall–Kier alpha value is -0.910. The fourth-order valence-electron chi connectivity index (χ4n) is 2.20. The van der Waals surface area contributed by atoms with Crippen molar-refractivity contribution in [3.8, 4) is 0 Å². The number of aliphatic hydroxyl groups excluding tert-OH is 1. The van der Waals surface area contributed by atoms with E-state index in [4.69, 9.17) is 10.8 Å². The lowest BCUT2D eigenvalue weighted by molar-refractivity contribution is 0.144. The van der Waals surface area contributed by atoms with E-state index in [9.17, 15) is 0 Å². The molecule has 1 aromatic heterocycles. The third-order valence-corrected chi connectivity index (χ3v) is 3.15. The van der Waals surface area contributed by atoms with Crippen LogP contribution in [0.4, 0.5) is 0 Å². The van der Waals surface area contributed by atoms with Gasteiger partial charge in [-0.05, 0) is 26.0 Å². The highest BCUT2D eigenvalue weighted by molar-refractivity contribution is 5.11. The summed E-state index contributed by atoms with van der Waals surface area (Å²) in [6.45, 7) is 5.83. The van der Waals surface area contributed by atoms with Crippen molar-refractivity contribution in [3.05, 3.63) is 17.5 Å². The molecule has 1 aliphatic heterocycles. The van der Waals surface area contributed by atoms with E-state index in [0.29, 0.717) is 6.04 Å². The van der Waals surface area contributed by atoms with Crippen molar-refractivity contribution < 1.29 is 5.11 Å². The number of hydrogen-bond acceptors (Lipinski definition) is 4. The quantitative estimate of drug-likeness (QED) is 0.751. The van der Waals surface area contributed by atoms with Crippen LogP contribution >= 0.6 is 0 Å². The minimum atomic E-state index is 0.0250. The highest BCUT2D eigenvalue weighted by Gasteiger charge is 2.23. The monoisotopic (exact) mass is 224 g/mol. The van der Waals surface area contributed by atoms with E-state index >= 15 is 0 Å². The molecule has 0 fully saturated rings. The van der Waals surface area contributed by atoms with Crippen molar-refractivity contribution >= 4 is 0 Å². The molecule has 0 amide bonds. The summed E-state index contributed by atoms with van der Waals surface area (Å²) in [6, 6.07) is 2.48. The molecule has 5 heteroatoms. The minimum absolute atomic E-state index is 0.0250. The van der Waals surface area contributed by atoms with Crippen molar-refractivity contribution in [2.45, 2.75) is 39.1 Å². The summed E-state index contributed by atoms with van der Waals surface area (Å²) in [5.74, 6) is 0. The van der Waals surface area contributed by atoms with Crippen molar-refractivity contribution in [2.75, 3.05) is 13.1 Å². The normalized spacial score (nSPS) is 21.1. The molecule has 0 spiro atoms. The second kappa shape index (κ2) is 4.95. The van der Waals surface area contributed by atoms with Gasteiger partial charge in [0, 0.05) is 19.1 Å². The zero-order valence-electron chi connectivity index (χ0n) is 9.76. The van der Waals surface area contributed by atoms with Crippen molar-refractivity contribution in [3.63, 3.8) is 0 Å². The van der Waals surface area contributed by atoms with E-state index < -0.39 is 0 Å². The Morgan fingerprint density at radius 1 is 1.62 bits per heavy atom. The average Bonchev–Trinajstić information content (AvgIpc) is 2.67. The molecule has 90 valence electrons. The van der Waals surface area contributed by atoms with Crippen LogP contribution in [0.25, 0.3) is 0 Å². The Labute approximate surface area is 95.8 Å². The van der Waals surface area contributed by atoms with Gasteiger partial charge >= 0.3 is 0 Å². The van der Waals surface area contributed by atoms with Gasteiger partial charge in [0.1, 0.15) is 0 Å². The highest BCUT2D eigenvalue weighted by Crippen LogP contribution is 2.18. The number of aliphatic hydroxyl groups is 1. The summed E-state index contributed by atoms with van der Waals surface area (Å²) in [6.07, 6.45) is 1.03. The third-order valence-electron chi connectivity index (χ3n) is 3.15. The van der Waals surface area contributed by atoms with Crippen molar-refractivity contribution in [1.82, 2.24) is 14.7 Å². The first-order valence-electron chi connectivity index (χ1n) is 5.85. The topological polar surface area (TPSA) is 67.3 Å². The number of nitrogens with two attached hydrogens (primary N) is 1. The molecular weight excluding hydrogens is 204 g/mol. The Kier molecular flexibility index (Phi) is 3.58. The molecule has 1 aromatic rings. The van der Waals surface area contributed by atoms with Gasteiger partial charge in [-0.1, -0.05) is 0 Å². The van der Waals surface area contributed by atoms with Gasteiger partial charge in [-0.15, -0.1) is 0 Å². The average molecular weight is 224 g/mol. The maximum atomic E-state index is 9.05. The molecule has 16 heavy (non-hydrogen) atoms. The van der Waals surface area contributed by atoms with E-state index in [2.05, 4.69) is 16.9 Å². The standard InChI is InChI=1S/C11H20N4O/c1-9-6-15-11(5-10(8-16)13-15)7-14(9)4-2-3-12/h5,9,16H,2-4,6-8,12H2,1H3. The van der Waals surface area contributed by atoms with Crippen LogP contribution in [0.5, 0.6) is 0 Å². The van der Waals surface area contributed by atoms with Crippen LogP contribution in [0.3, 0.4) is 0 Å². The van der Waals surface area contributed by atoms with E-state index in [0.717, 1.165) is 38.3 Å². The van der Waals surface area contributed by atoms with Crippen LogP contribution < -0.4 is 5.73 Å². The molecule has 1 aliphatic rings. The van der Waals surface area contributed by atoms with E-state index in [1.165, 1.54) is 5.69 Å². The van der Waals surface area contributed by atoms with E-state index in [-0.39, 0.29) is 6.61 Å². The zero-order chi connectivity index (χ0) is 11.5. The largest absolute Gasteiger partial charge is 0.390 e. The van der Waals surface area contributed by atoms with Gasteiger partial charge in [0.25, 0.3) is 0 Å². The highest BCUT2D eigenvalue weighted by atomic mass is 16.3. The smallest absolute Gasteiger partial charge is 0.0882 e. The molecule has 0 aromatic carbocycles. The second-order valence-electron chi connectivity index (χ2n) is 4.43. The molecule has 0 bridgehead atoms. The number of hydrogen-bond donors (Lipinski definition) is 2. The summed E-state index contributed by atoms with van der Waals surface area (Å²) in [5, 5.41) is 13.4. The SMILES string of the molecule is CC1Cn2nc(CO)cc2CN1CCCN. The maximum Gasteiger partial charge on any atom is 0.0882 e. The number of rotatable bonds is 4. The summed E-state index contributed by atoms with van der Waals surface area (Å²) < 4.78 is 2.01. The third kappa shape index (κ3) is 2.26. The van der Waals surface area contributed by atoms with Crippen LogP contribution in [-0.2, 0) is 19.7 Å². The Bertz CT molecular complexity index is 350. The van der Waals surface area contributed by atoms with Crippen LogP contribution in [0.2, 0.25) is 0 Å². The molecule has 5 nitrogen and oxygen atoms in total. The van der Waals surface area contributed by atoms with Crippen LogP contribution in [0.1, 0.15) is 24.7 Å². The molecule has 3 N–H and O–H groups in total. The van der Waals surface area contributed by atoms with E-state index in [1.807, 2.05) is 10.7 Å². The lowest BCUT2D eigenvalue weighted by Gasteiger charge is -2.33.